The van der Waals surface area contributed by atoms with Gasteiger partial charge in [0.2, 0.25) is 0 Å². The summed E-state index contributed by atoms with van der Waals surface area (Å²) in [6.45, 7) is 8.66. The predicted molar refractivity (Wildman–Crippen MR) is 131 cm³/mol. The lowest BCUT2D eigenvalue weighted by molar-refractivity contribution is -0.120. The van der Waals surface area contributed by atoms with Crippen LogP contribution in [0.4, 0.5) is 11.4 Å². The van der Waals surface area contributed by atoms with Crippen LogP contribution in [-0.4, -0.2) is 18.4 Å². The molecule has 0 fully saturated rings. The summed E-state index contributed by atoms with van der Waals surface area (Å²) < 4.78 is 0. The normalized spacial score (nSPS) is 13.8. The first kappa shape index (κ1) is 21.6. The van der Waals surface area contributed by atoms with Crippen LogP contribution in [0.1, 0.15) is 36.1 Å². The van der Waals surface area contributed by atoms with E-state index in [4.69, 9.17) is 0 Å². The SMILES string of the molecule is CCc1ccc(N2C(=O)C(c3ccc(C)cc3C)=C(N(CC)c3ccccc3)C2=O)cc1. The van der Waals surface area contributed by atoms with Gasteiger partial charge in [0.1, 0.15) is 5.70 Å². The van der Waals surface area contributed by atoms with Gasteiger partial charge in [-0.15, -0.1) is 0 Å². The fraction of sp³-hybridized carbons (Fsp3) is 0.214. The Morgan fingerprint density at radius 1 is 0.812 bits per heavy atom. The number of imide groups is 1. The lowest BCUT2D eigenvalue weighted by atomic mass is 9.97. The van der Waals surface area contributed by atoms with Crippen molar-refractivity contribution < 1.29 is 9.59 Å². The fourth-order valence-electron chi connectivity index (χ4n) is 4.30. The number of likely N-dealkylation sites (N-methyl/N-ethyl adjacent to an activating group) is 1. The molecular weight excluding hydrogens is 396 g/mol. The lowest BCUT2D eigenvalue weighted by Crippen LogP contribution is -2.35. The van der Waals surface area contributed by atoms with Crippen LogP contribution in [0, 0.1) is 13.8 Å². The molecule has 1 aliphatic rings. The van der Waals surface area contributed by atoms with Gasteiger partial charge in [-0.1, -0.05) is 61.0 Å². The van der Waals surface area contributed by atoms with E-state index in [2.05, 4.69) is 13.0 Å². The Morgan fingerprint density at radius 2 is 1.50 bits per heavy atom. The maximum atomic E-state index is 13.8. The van der Waals surface area contributed by atoms with Gasteiger partial charge in [0.15, 0.2) is 0 Å². The van der Waals surface area contributed by atoms with E-state index in [0.717, 1.165) is 34.4 Å². The first-order chi connectivity index (χ1) is 15.5. The van der Waals surface area contributed by atoms with Gasteiger partial charge in [-0.05, 0) is 68.1 Å². The number of carbonyl (C=O) groups excluding carboxylic acids is 2. The van der Waals surface area contributed by atoms with E-state index in [1.54, 1.807) is 0 Å². The quantitative estimate of drug-likeness (QED) is 0.478. The van der Waals surface area contributed by atoms with E-state index in [1.165, 1.54) is 4.90 Å². The third kappa shape index (κ3) is 3.73. The number of benzene rings is 3. The van der Waals surface area contributed by atoms with E-state index in [-0.39, 0.29) is 11.8 Å². The molecule has 0 saturated heterocycles. The first-order valence-electron chi connectivity index (χ1n) is 11.1. The Bertz CT molecular complexity index is 1190. The van der Waals surface area contributed by atoms with Crippen molar-refractivity contribution in [3.8, 4) is 0 Å². The van der Waals surface area contributed by atoms with Crippen LogP contribution in [0.5, 0.6) is 0 Å². The summed E-state index contributed by atoms with van der Waals surface area (Å²) in [5.74, 6) is -0.574. The number of para-hydroxylation sites is 1. The highest BCUT2D eigenvalue weighted by molar-refractivity contribution is 6.46. The highest BCUT2D eigenvalue weighted by Gasteiger charge is 2.43. The van der Waals surface area contributed by atoms with E-state index in [9.17, 15) is 9.59 Å². The van der Waals surface area contributed by atoms with Gasteiger partial charge in [0.05, 0.1) is 11.3 Å². The van der Waals surface area contributed by atoms with E-state index in [0.29, 0.717) is 23.5 Å². The number of rotatable bonds is 6. The number of hydrogen-bond acceptors (Lipinski definition) is 3. The molecule has 3 aromatic carbocycles. The summed E-state index contributed by atoms with van der Waals surface area (Å²) >= 11 is 0. The van der Waals surface area contributed by atoms with Crippen molar-refractivity contribution in [1.82, 2.24) is 0 Å². The molecular formula is C28H28N2O2. The molecule has 0 spiro atoms. The highest BCUT2D eigenvalue weighted by atomic mass is 16.2. The number of aryl methyl sites for hydroxylation is 3. The van der Waals surface area contributed by atoms with Crippen molar-refractivity contribution >= 4 is 28.8 Å². The zero-order valence-corrected chi connectivity index (χ0v) is 19.1. The standard InChI is InChI=1S/C28H28N2O2/c1-5-21-13-15-23(16-14-21)30-27(31)25(24-17-12-19(3)18-20(24)4)26(28(30)32)29(6-2)22-10-8-7-9-11-22/h7-18H,5-6H2,1-4H3. The minimum atomic E-state index is -0.292. The number of amides is 2. The first-order valence-corrected chi connectivity index (χ1v) is 11.1. The lowest BCUT2D eigenvalue weighted by Gasteiger charge is -2.25. The molecule has 0 unspecified atom stereocenters. The topological polar surface area (TPSA) is 40.6 Å². The van der Waals surface area contributed by atoms with Crippen molar-refractivity contribution in [2.75, 3.05) is 16.3 Å². The Morgan fingerprint density at radius 3 is 2.09 bits per heavy atom. The molecule has 3 aromatic rings. The molecule has 2 amide bonds. The molecule has 162 valence electrons. The average Bonchev–Trinajstić information content (AvgIpc) is 3.05. The molecule has 4 rings (SSSR count). The number of carbonyl (C=O) groups is 2. The van der Waals surface area contributed by atoms with Crippen LogP contribution in [-0.2, 0) is 16.0 Å². The molecule has 0 bridgehead atoms. The smallest absolute Gasteiger partial charge is 0.282 e. The summed E-state index contributed by atoms with van der Waals surface area (Å²) in [5.41, 5.74) is 6.42. The third-order valence-electron chi connectivity index (χ3n) is 5.97. The number of anilines is 2. The Labute approximate surface area is 189 Å². The Balaban J connectivity index is 1.91. The Kier molecular flexibility index (Phi) is 5.95. The van der Waals surface area contributed by atoms with Gasteiger partial charge in [0.25, 0.3) is 11.8 Å². The number of hydrogen-bond donors (Lipinski definition) is 0. The van der Waals surface area contributed by atoms with Gasteiger partial charge in [-0.2, -0.15) is 0 Å². The minimum absolute atomic E-state index is 0.282. The molecule has 0 atom stereocenters. The molecule has 4 nitrogen and oxygen atoms in total. The second-order valence-electron chi connectivity index (χ2n) is 8.09. The number of nitrogens with zero attached hydrogens (tertiary/aromatic N) is 2. The molecule has 32 heavy (non-hydrogen) atoms. The van der Waals surface area contributed by atoms with Crippen molar-refractivity contribution in [2.45, 2.75) is 34.1 Å². The zero-order chi connectivity index (χ0) is 22.8. The van der Waals surface area contributed by atoms with Gasteiger partial charge >= 0.3 is 0 Å². The summed E-state index contributed by atoms with van der Waals surface area (Å²) in [6, 6.07) is 23.4. The van der Waals surface area contributed by atoms with Crippen LogP contribution in [0.25, 0.3) is 5.57 Å². The van der Waals surface area contributed by atoms with Gasteiger partial charge in [-0.3, -0.25) is 9.59 Å². The monoisotopic (exact) mass is 424 g/mol. The highest BCUT2D eigenvalue weighted by Crippen LogP contribution is 2.37. The zero-order valence-electron chi connectivity index (χ0n) is 19.1. The van der Waals surface area contributed by atoms with Crippen molar-refractivity contribution in [1.29, 1.82) is 0 Å². The average molecular weight is 425 g/mol. The van der Waals surface area contributed by atoms with Gasteiger partial charge in [-0.25, -0.2) is 4.90 Å². The van der Waals surface area contributed by atoms with Crippen LogP contribution in [0.15, 0.2) is 78.5 Å². The van der Waals surface area contributed by atoms with Gasteiger partial charge in [0, 0.05) is 12.2 Å². The minimum Gasteiger partial charge on any atom is -0.337 e. The molecule has 0 aromatic heterocycles. The van der Waals surface area contributed by atoms with Crippen LogP contribution in [0.2, 0.25) is 0 Å². The second-order valence-corrected chi connectivity index (χ2v) is 8.09. The second kappa shape index (κ2) is 8.83. The molecule has 1 heterocycles. The molecule has 4 heteroatoms. The summed E-state index contributed by atoms with van der Waals surface area (Å²) in [6.07, 6.45) is 0.900. The molecule has 0 N–H and O–H groups in total. The Hall–Kier alpha value is -3.66. The summed E-state index contributed by atoms with van der Waals surface area (Å²) in [7, 11) is 0. The van der Waals surface area contributed by atoms with E-state index >= 15 is 0 Å². The van der Waals surface area contributed by atoms with Crippen LogP contribution >= 0.6 is 0 Å². The molecule has 0 aliphatic carbocycles. The van der Waals surface area contributed by atoms with Crippen molar-refractivity contribution in [3.63, 3.8) is 0 Å². The van der Waals surface area contributed by atoms with Crippen molar-refractivity contribution in [2.24, 2.45) is 0 Å². The van der Waals surface area contributed by atoms with Crippen molar-refractivity contribution in [3.05, 3.63) is 101 Å². The molecule has 0 saturated carbocycles. The maximum absolute atomic E-state index is 13.8. The third-order valence-corrected chi connectivity index (χ3v) is 5.97. The maximum Gasteiger partial charge on any atom is 0.282 e. The molecule has 1 aliphatic heterocycles. The summed E-state index contributed by atoms with van der Waals surface area (Å²) in [5, 5.41) is 0. The molecule has 0 radical (unpaired) electrons. The van der Waals surface area contributed by atoms with E-state index < -0.39 is 0 Å². The van der Waals surface area contributed by atoms with Crippen LogP contribution in [0.3, 0.4) is 0 Å². The predicted octanol–water partition coefficient (Wildman–Crippen LogP) is 5.68. The fourth-order valence-corrected chi connectivity index (χ4v) is 4.30. The van der Waals surface area contributed by atoms with Crippen LogP contribution < -0.4 is 9.80 Å². The van der Waals surface area contributed by atoms with E-state index in [1.807, 2.05) is 92.4 Å². The largest absolute Gasteiger partial charge is 0.337 e. The summed E-state index contributed by atoms with van der Waals surface area (Å²) in [4.78, 5) is 30.9. The van der Waals surface area contributed by atoms with Gasteiger partial charge < -0.3 is 4.90 Å².